The minimum absolute atomic E-state index is 0.131. The third kappa shape index (κ3) is 4.73. The molecule has 2 amide bonds. The van der Waals surface area contributed by atoms with Gasteiger partial charge in [-0.05, 0) is 55.4 Å². The lowest BCUT2D eigenvalue weighted by Gasteiger charge is -2.25. The highest BCUT2D eigenvalue weighted by Gasteiger charge is 2.31. The van der Waals surface area contributed by atoms with Crippen LogP contribution in [0, 0.1) is 0 Å². The van der Waals surface area contributed by atoms with E-state index in [1.54, 1.807) is 6.07 Å². The Morgan fingerprint density at radius 2 is 1.73 bits per heavy atom. The predicted molar refractivity (Wildman–Crippen MR) is 128 cm³/mol. The van der Waals surface area contributed by atoms with Crippen LogP contribution in [0.4, 0.5) is 5.00 Å². The van der Waals surface area contributed by atoms with E-state index in [2.05, 4.69) is 22.8 Å². The van der Waals surface area contributed by atoms with Crippen LogP contribution in [0.1, 0.15) is 39.2 Å². The Bertz CT molecular complexity index is 1160. The molecule has 0 bridgehead atoms. The van der Waals surface area contributed by atoms with Gasteiger partial charge in [0.15, 0.2) is 11.5 Å². The number of ether oxygens (including phenoxy) is 2. The summed E-state index contributed by atoms with van der Waals surface area (Å²) in [5.41, 5.74) is 2.85. The fourth-order valence-electron chi connectivity index (χ4n) is 4.29. The summed E-state index contributed by atoms with van der Waals surface area (Å²) in [5.74, 6) is 0.744. The van der Waals surface area contributed by atoms with Crippen LogP contribution in [0.15, 0.2) is 54.6 Å². The van der Waals surface area contributed by atoms with Crippen LogP contribution < -0.4 is 20.1 Å². The van der Waals surface area contributed by atoms with Crippen molar-refractivity contribution in [3.63, 3.8) is 0 Å². The molecule has 2 aromatic carbocycles. The molecule has 0 unspecified atom stereocenters. The number of fused-ring (bicyclic) bond motifs is 2. The van der Waals surface area contributed by atoms with Crippen molar-refractivity contribution in [3.8, 4) is 11.5 Å². The summed E-state index contributed by atoms with van der Waals surface area (Å²) in [6, 6.07) is 17.4. The van der Waals surface area contributed by atoms with Crippen LogP contribution in [0.3, 0.4) is 0 Å². The number of nitrogens with one attached hydrogen (secondary N) is 2. The van der Waals surface area contributed by atoms with Gasteiger partial charge in [0.2, 0.25) is 6.10 Å². The molecular weight excluding hydrogens is 436 g/mol. The topological polar surface area (TPSA) is 76.7 Å². The quantitative estimate of drug-likeness (QED) is 0.570. The van der Waals surface area contributed by atoms with Crippen molar-refractivity contribution in [2.45, 2.75) is 38.2 Å². The van der Waals surface area contributed by atoms with Gasteiger partial charge in [0.05, 0.1) is 5.56 Å². The van der Waals surface area contributed by atoms with E-state index in [9.17, 15) is 9.59 Å². The summed E-state index contributed by atoms with van der Waals surface area (Å²) in [4.78, 5) is 27.4. The molecule has 1 aromatic heterocycles. The van der Waals surface area contributed by atoms with E-state index >= 15 is 0 Å². The van der Waals surface area contributed by atoms with Crippen LogP contribution in [-0.4, -0.2) is 31.1 Å². The minimum atomic E-state index is -0.770. The Morgan fingerprint density at radius 1 is 0.970 bits per heavy atom. The molecule has 0 saturated heterocycles. The van der Waals surface area contributed by atoms with Crippen LogP contribution in [-0.2, 0) is 24.1 Å². The number of hydrogen-bond acceptors (Lipinski definition) is 5. The van der Waals surface area contributed by atoms with E-state index in [4.69, 9.17) is 9.47 Å². The lowest BCUT2D eigenvalue weighted by molar-refractivity contribution is -0.125. The highest BCUT2D eigenvalue weighted by Crippen LogP contribution is 2.38. The maximum Gasteiger partial charge on any atom is 0.269 e. The van der Waals surface area contributed by atoms with Gasteiger partial charge in [-0.1, -0.05) is 42.5 Å². The summed E-state index contributed by atoms with van der Waals surface area (Å²) in [6.07, 6.45) is 3.95. The Morgan fingerprint density at radius 3 is 2.58 bits per heavy atom. The molecule has 0 saturated carbocycles. The number of aryl methyl sites for hydroxylation is 1. The molecule has 1 atom stereocenters. The molecule has 5 rings (SSSR count). The maximum absolute atomic E-state index is 13.2. The Hall–Kier alpha value is -3.32. The van der Waals surface area contributed by atoms with Gasteiger partial charge in [-0.2, -0.15) is 0 Å². The van der Waals surface area contributed by atoms with Crippen molar-refractivity contribution in [2.24, 2.45) is 0 Å². The van der Waals surface area contributed by atoms with Crippen molar-refractivity contribution >= 4 is 28.2 Å². The van der Waals surface area contributed by atoms with Gasteiger partial charge in [0, 0.05) is 11.4 Å². The molecule has 0 radical (unpaired) electrons. The molecule has 6 nitrogen and oxygen atoms in total. The average Bonchev–Trinajstić information content (AvgIpc) is 3.22. The predicted octanol–water partition coefficient (Wildman–Crippen LogP) is 4.38. The molecule has 170 valence electrons. The van der Waals surface area contributed by atoms with Gasteiger partial charge in [-0.15, -0.1) is 11.3 Å². The van der Waals surface area contributed by atoms with E-state index in [1.807, 2.05) is 36.4 Å². The van der Waals surface area contributed by atoms with Gasteiger partial charge < -0.3 is 20.1 Å². The first-order valence-electron chi connectivity index (χ1n) is 11.3. The second-order valence-corrected chi connectivity index (χ2v) is 9.37. The van der Waals surface area contributed by atoms with E-state index in [-0.39, 0.29) is 18.4 Å². The molecule has 3 aromatic rings. The number of anilines is 1. The SMILES string of the molecule is O=C(NCCc1ccccc1)c1c(NC(=O)[C@@H]2COc3ccccc3O2)sc2c1CCCC2. The van der Waals surface area contributed by atoms with E-state index in [1.165, 1.54) is 21.8 Å². The van der Waals surface area contributed by atoms with E-state index in [0.717, 1.165) is 37.7 Å². The zero-order valence-corrected chi connectivity index (χ0v) is 19.1. The normalized spacial score (nSPS) is 16.5. The van der Waals surface area contributed by atoms with Gasteiger partial charge in [0.25, 0.3) is 11.8 Å². The zero-order chi connectivity index (χ0) is 22.6. The number of benzene rings is 2. The highest BCUT2D eigenvalue weighted by atomic mass is 32.1. The second-order valence-electron chi connectivity index (χ2n) is 8.26. The molecule has 1 aliphatic carbocycles. The van der Waals surface area contributed by atoms with Gasteiger partial charge >= 0.3 is 0 Å². The fourth-order valence-corrected chi connectivity index (χ4v) is 5.58. The summed E-state index contributed by atoms with van der Waals surface area (Å²) < 4.78 is 11.5. The van der Waals surface area contributed by atoms with Crippen molar-refractivity contribution in [2.75, 3.05) is 18.5 Å². The molecule has 2 aliphatic rings. The molecule has 7 heteroatoms. The zero-order valence-electron chi connectivity index (χ0n) is 18.3. The van der Waals surface area contributed by atoms with Gasteiger partial charge in [-0.3, -0.25) is 9.59 Å². The first kappa shape index (κ1) is 21.5. The lowest BCUT2D eigenvalue weighted by Crippen LogP contribution is -2.40. The summed E-state index contributed by atoms with van der Waals surface area (Å²) in [7, 11) is 0. The smallest absolute Gasteiger partial charge is 0.269 e. The average molecular weight is 463 g/mol. The summed E-state index contributed by atoms with van der Waals surface area (Å²) >= 11 is 1.51. The van der Waals surface area contributed by atoms with Crippen LogP contribution in [0.2, 0.25) is 0 Å². The van der Waals surface area contributed by atoms with E-state index < -0.39 is 6.10 Å². The number of amides is 2. The van der Waals surface area contributed by atoms with Crippen LogP contribution in [0.25, 0.3) is 0 Å². The standard InChI is InChI=1S/C26H26N2O4S/c29-24(21-16-31-19-11-5-6-12-20(19)32-21)28-26-23(18-10-4-7-13-22(18)33-26)25(30)27-15-14-17-8-2-1-3-9-17/h1-3,5-6,8-9,11-12,21H,4,7,10,13-16H2,(H,27,30)(H,28,29)/t21-/m0/s1. The van der Waals surface area contributed by atoms with Crippen molar-refractivity contribution in [3.05, 3.63) is 76.2 Å². The van der Waals surface area contributed by atoms with Crippen molar-refractivity contribution in [1.29, 1.82) is 0 Å². The monoisotopic (exact) mass is 462 g/mol. The number of para-hydroxylation sites is 2. The molecule has 2 heterocycles. The summed E-state index contributed by atoms with van der Waals surface area (Å²) in [5, 5.41) is 6.62. The highest BCUT2D eigenvalue weighted by molar-refractivity contribution is 7.17. The lowest BCUT2D eigenvalue weighted by atomic mass is 9.95. The number of carbonyl (C=O) groups excluding carboxylic acids is 2. The fraction of sp³-hybridized carbons (Fsp3) is 0.308. The van der Waals surface area contributed by atoms with Crippen molar-refractivity contribution in [1.82, 2.24) is 5.32 Å². The Kier molecular flexibility index (Phi) is 6.30. The largest absolute Gasteiger partial charge is 0.485 e. The maximum atomic E-state index is 13.2. The van der Waals surface area contributed by atoms with Crippen LogP contribution >= 0.6 is 11.3 Å². The molecular formula is C26H26N2O4S. The number of hydrogen-bond donors (Lipinski definition) is 2. The number of carbonyl (C=O) groups is 2. The summed E-state index contributed by atoms with van der Waals surface area (Å²) in [6.45, 7) is 0.670. The molecule has 0 fully saturated rings. The third-order valence-corrected chi connectivity index (χ3v) is 7.19. The van der Waals surface area contributed by atoms with E-state index in [0.29, 0.717) is 28.6 Å². The minimum Gasteiger partial charge on any atom is -0.485 e. The Labute approximate surface area is 196 Å². The van der Waals surface area contributed by atoms with Crippen LogP contribution in [0.5, 0.6) is 11.5 Å². The van der Waals surface area contributed by atoms with Crippen molar-refractivity contribution < 1.29 is 19.1 Å². The number of rotatable bonds is 6. The molecule has 33 heavy (non-hydrogen) atoms. The third-order valence-electron chi connectivity index (χ3n) is 5.98. The Balaban J connectivity index is 1.30. The number of thiophene rings is 1. The first-order valence-corrected chi connectivity index (χ1v) is 12.2. The molecule has 2 N–H and O–H groups in total. The molecule has 1 aliphatic heterocycles. The van der Waals surface area contributed by atoms with Gasteiger partial charge in [0.1, 0.15) is 11.6 Å². The molecule has 0 spiro atoms. The second kappa shape index (κ2) is 9.67. The first-order chi connectivity index (χ1) is 16.2. The van der Waals surface area contributed by atoms with Gasteiger partial charge in [-0.25, -0.2) is 0 Å².